The molecule has 0 unspecified atom stereocenters. The van der Waals surface area contributed by atoms with E-state index < -0.39 is 12.0 Å². The van der Waals surface area contributed by atoms with E-state index in [-0.39, 0.29) is 21.1 Å². The van der Waals surface area contributed by atoms with Crippen LogP contribution in [0.4, 0.5) is 13.2 Å². The standard InChI is InChI=1S/C8H2Cl2F3N3/c9-4-2-14-1-3-5(4)15-7(8(11,12)13)16-6(3)10/h1-2H. The highest BCUT2D eigenvalue weighted by molar-refractivity contribution is 6.38. The van der Waals surface area contributed by atoms with Crippen LogP contribution >= 0.6 is 23.2 Å². The minimum Gasteiger partial charge on any atom is -0.262 e. The van der Waals surface area contributed by atoms with E-state index in [4.69, 9.17) is 23.2 Å². The molecule has 0 saturated heterocycles. The molecule has 3 nitrogen and oxygen atoms in total. The molecule has 0 amide bonds. The van der Waals surface area contributed by atoms with E-state index in [1.54, 1.807) is 0 Å². The van der Waals surface area contributed by atoms with Crippen LogP contribution in [-0.4, -0.2) is 15.0 Å². The van der Waals surface area contributed by atoms with Crippen molar-refractivity contribution >= 4 is 34.1 Å². The van der Waals surface area contributed by atoms with E-state index in [1.807, 2.05) is 0 Å². The molecule has 0 radical (unpaired) electrons. The lowest BCUT2D eigenvalue weighted by atomic mass is 10.3. The molecule has 2 aromatic rings. The average molecular weight is 268 g/mol. The molecule has 0 aliphatic carbocycles. The lowest BCUT2D eigenvalue weighted by Crippen LogP contribution is -2.11. The van der Waals surface area contributed by atoms with Crippen LogP contribution in [0.3, 0.4) is 0 Å². The second-order valence-corrected chi connectivity index (χ2v) is 3.62. The van der Waals surface area contributed by atoms with Crippen LogP contribution < -0.4 is 0 Å². The summed E-state index contributed by atoms with van der Waals surface area (Å²) in [6, 6.07) is 0. The van der Waals surface area contributed by atoms with Gasteiger partial charge in [-0.05, 0) is 0 Å². The molecular weight excluding hydrogens is 266 g/mol. The predicted molar refractivity (Wildman–Crippen MR) is 52.4 cm³/mol. The summed E-state index contributed by atoms with van der Waals surface area (Å²) in [5.74, 6) is -1.32. The van der Waals surface area contributed by atoms with Gasteiger partial charge in [-0.1, -0.05) is 23.2 Å². The molecule has 2 heterocycles. The molecular formula is C8H2Cl2F3N3. The Morgan fingerprint density at radius 1 is 1.06 bits per heavy atom. The van der Waals surface area contributed by atoms with Crippen molar-refractivity contribution in [2.75, 3.05) is 0 Å². The molecule has 2 aromatic heterocycles. The van der Waals surface area contributed by atoms with Crippen molar-refractivity contribution < 1.29 is 13.2 Å². The summed E-state index contributed by atoms with van der Waals surface area (Å²) in [7, 11) is 0. The van der Waals surface area contributed by atoms with Crippen molar-refractivity contribution in [2.45, 2.75) is 6.18 Å². The zero-order valence-corrected chi connectivity index (χ0v) is 8.90. The minimum atomic E-state index is -4.66. The number of halogens is 5. The number of alkyl halides is 3. The fourth-order valence-corrected chi connectivity index (χ4v) is 1.52. The van der Waals surface area contributed by atoms with E-state index in [9.17, 15) is 13.2 Å². The molecule has 0 fully saturated rings. The fraction of sp³-hybridized carbons (Fsp3) is 0.125. The number of hydrogen-bond donors (Lipinski definition) is 0. The largest absolute Gasteiger partial charge is 0.451 e. The molecule has 0 saturated carbocycles. The first-order valence-corrected chi connectivity index (χ1v) is 4.69. The van der Waals surface area contributed by atoms with Crippen molar-refractivity contribution in [1.29, 1.82) is 0 Å². The number of nitrogens with zero attached hydrogens (tertiary/aromatic N) is 3. The van der Waals surface area contributed by atoms with Gasteiger partial charge in [-0.2, -0.15) is 13.2 Å². The van der Waals surface area contributed by atoms with Crippen molar-refractivity contribution in [3.8, 4) is 0 Å². The maximum absolute atomic E-state index is 12.4. The molecule has 0 atom stereocenters. The Labute approximate surface area is 97.2 Å². The van der Waals surface area contributed by atoms with Gasteiger partial charge >= 0.3 is 6.18 Å². The normalized spacial score (nSPS) is 12.1. The predicted octanol–water partition coefficient (Wildman–Crippen LogP) is 3.35. The van der Waals surface area contributed by atoms with Crippen molar-refractivity contribution in [3.63, 3.8) is 0 Å². The van der Waals surface area contributed by atoms with Gasteiger partial charge in [0.2, 0.25) is 5.82 Å². The summed E-state index contributed by atoms with van der Waals surface area (Å²) >= 11 is 11.3. The van der Waals surface area contributed by atoms with Crippen LogP contribution in [0.2, 0.25) is 10.2 Å². The molecule has 0 aliphatic heterocycles. The van der Waals surface area contributed by atoms with Crippen LogP contribution in [0.25, 0.3) is 10.9 Å². The highest BCUT2D eigenvalue weighted by Crippen LogP contribution is 2.31. The van der Waals surface area contributed by atoms with Gasteiger partial charge in [0.15, 0.2) is 0 Å². The Kier molecular flexibility index (Phi) is 2.63. The summed E-state index contributed by atoms with van der Waals surface area (Å²) in [4.78, 5) is 10.1. The molecule has 0 N–H and O–H groups in total. The van der Waals surface area contributed by atoms with Gasteiger partial charge in [0, 0.05) is 12.4 Å². The molecule has 0 aromatic carbocycles. The molecule has 0 bridgehead atoms. The highest BCUT2D eigenvalue weighted by Gasteiger charge is 2.35. The Hall–Kier alpha value is -1.14. The minimum absolute atomic E-state index is 0.00713. The molecule has 2 rings (SSSR count). The summed E-state index contributed by atoms with van der Waals surface area (Å²) < 4.78 is 37.2. The van der Waals surface area contributed by atoms with Gasteiger partial charge in [0.05, 0.1) is 15.9 Å². The third kappa shape index (κ3) is 1.90. The fourth-order valence-electron chi connectivity index (χ4n) is 1.10. The van der Waals surface area contributed by atoms with Gasteiger partial charge in [-0.3, -0.25) is 4.98 Å². The summed E-state index contributed by atoms with van der Waals surface area (Å²) in [5, 5.41) is -0.151. The van der Waals surface area contributed by atoms with E-state index in [2.05, 4.69) is 15.0 Å². The number of aromatic nitrogens is 3. The van der Waals surface area contributed by atoms with E-state index in [0.717, 1.165) is 0 Å². The second kappa shape index (κ2) is 3.71. The van der Waals surface area contributed by atoms with Crippen LogP contribution in [-0.2, 0) is 6.18 Å². The Morgan fingerprint density at radius 2 is 1.75 bits per heavy atom. The number of rotatable bonds is 0. The Balaban J connectivity index is 2.81. The Morgan fingerprint density at radius 3 is 2.38 bits per heavy atom. The lowest BCUT2D eigenvalue weighted by molar-refractivity contribution is -0.144. The smallest absolute Gasteiger partial charge is 0.262 e. The zero-order chi connectivity index (χ0) is 11.9. The monoisotopic (exact) mass is 267 g/mol. The van der Waals surface area contributed by atoms with Gasteiger partial charge in [-0.25, -0.2) is 9.97 Å². The summed E-state index contributed by atoms with van der Waals surface area (Å²) in [6.45, 7) is 0. The van der Waals surface area contributed by atoms with Gasteiger partial charge in [0.25, 0.3) is 0 Å². The number of fused-ring (bicyclic) bond motifs is 1. The van der Waals surface area contributed by atoms with Crippen molar-refractivity contribution in [2.24, 2.45) is 0 Å². The lowest BCUT2D eigenvalue weighted by Gasteiger charge is -2.07. The first kappa shape index (κ1) is 11.3. The maximum Gasteiger partial charge on any atom is 0.451 e. The second-order valence-electron chi connectivity index (χ2n) is 2.85. The molecule has 84 valence electrons. The van der Waals surface area contributed by atoms with Gasteiger partial charge in [-0.15, -0.1) is 0 Å². The van der Waals surface area contributed by atoms with E-state index >= 15 is 0 Å². The van der Waals surface area contributed by atoms with Crippen molar-refractivity contribution in [1.82, 2.24) is 15.0 Å². The molecule has 8 heteroatoms. The third-order valence-electron chi connectivity index (χ3n) is 1.77. The van der Waals surface area contributed by atoms with Crippen molar-refractivity contribution in [3.05, 3.63) is 28.4 Å². The molecule has 16 heavy (non-hydrogen) atoms. The first-order chi connectivity index (χ1) is 7.39. The summed E-state index contributed by atoms with van der Waals surface area (Å²) in [5.41, 5.74) is -0.0657. The van der Waals surface area contributed by atoms with Gasteiger partial charge < -0.3 is 0 Å². The average Bonchev–Trinajstić information content (AvgIpc) is 2.18. The highest BCUT2D eigenvalue weighted by atomic mass is 35.5. The van der Waals surface area contributed by atoms with Crippen LogP contribution in [0.1, 0.15) is 5.82 Å². The van der Waals surface area contributed by atoms with E-state index in [1.165, 1.54) is 12.4 Å². The zero-order valence-electron chi connectivity index (χ0n) is 7.39. The van der Waals surface area contributed by atoms with Crippen LogP contribution in [0.5, 0.6) is 0 Å². The maximum atomic E-state index is 12.4. The number of pyridine rings is 1. The molecule has 0 aliphatic rings. The third-order valence-corrected chi connectivity index (χ3v) is 2.34. The number of hydrogen-bond acceptors (Lipinski definition) is 3. The van der Waals surface area contributed by atoms with Crippen LogP contribution in [0, 0.1) is 0 Å². The van der Waals surface area contributed by atoms with E-state index in [0.29, 0.717) is 0 Å². The SMILES string of the molecule is FC(F)(F)c1nc(Cl)c2cncc(Cl)c2n1. The topological polar surface area (TPSA) is 38.7 Å². The first-order valence-electron chi connectivity index (χ1n) is 3.93. The quantitative estimate of drug-likeness (QED) is 0.687. The van der Waals surface area contributed by atoms with Gasteiger partial charge in [0.1, 0.15) is 5.15 Å². The van der Waals surface area contributed by atoms with Crippen LogP contribution in [0.15, 0.2) is 12.4 Å². The molecule has 0 spiro atoms. The summed E-state index contributed by atoms with van der Waals surface area (Å²) in [6.07, 6.45) is -2.22. The Bertz CT molecular complexity index is 556.